The highest BCUT2D eigenvalue weighted by Crippen LogP contribution is 2.29. The first kappa shape index (κ1) is 29.0. The summed E-state index contributed by atoms with van der Waals surface area (Å²) in [5.41, 5.74) is 0.903. The number of hydrogen-bond acceptors (Lipinski definition) is 5. The zero-order valence-corrected chi connectivity index (χ0v) is 22.1. The molecule has 9 heteroatoms. The highest BCUT2D eigenvalue weighted by molar-refractivity contribution is 7.91. The van der Waals surface area contributed by atoms with Crippen molar-refractivity contribution in [2.75, 3.05) is 6.54 Å². The predicted molar refractivity (Wildman–Crippen MR) is 140 cm³/mol. The highest BCUT2D eigenvalue weighted by atomic mass is 32.2. The minimum Gasteiger partial charge on any atom is -0.474 e. The molecule has 1 heterocycles. The standard InChI is InChI=1S/C26H38N2O5S2/c1-2-3-4-5-6-7-8-9-10-14-19-27-35(32,33)24-18-17-23(34-24)22(28-25(29)26(30)31)20-21-15-12-11-13-16-21/h11-13,15-18,22,27H,2-10,14,19-20H2,1H3,(H,28,29)(H,30,31). The van der Waals surface area contributed by atoms with Crippen LogP contribution in [0.1, 0.15) is 87.6 Å². The van der Waals surface area contributed by atoms with Gasteiger partial charge in [0.1, 0.15) is 4.21 Å². The van der Waals surface area contributed by atoms with E-state index in [1.54, 1.807) is 6.07 Å². The molecule has 1 aromatic heterocycles. The molecular formula is C26H38N2O5S2. The lowest BCUT2D eigenvalue weighted by atomic mass is 10.0. The van der Waals surface area contributed by atoms with Crippen molar-refractivity contribution < 1.29 is 23.1 Å². The molecule has 0 aliphatic heterocycles. The number of carbonyl (C=O) groups excluding carboxylic acids is 1. The number of thiophene rings is 1. The Morgan fingerprint density at radius 2 is 1.49 bits per heavy atom. The largest absolute Gasteiger partial charge is 0.474 e. The van der Waals surface area contributed by atoms with Gasteiger partial charge in [0.05, 0.1) is 6.04 Å². The summed E-state index contributed by atoms with van der Waals surface area (Å²) in [7, 11) is -3.66. The Morgan fingerprint density at radius 1 is 0.886 bits per heavy atom. The third kappa shape index (κ3) is 10.9. The van der Waals surface area contributed by atoms with Crippen LogP contribution < -0.4 is 10.0 Å². The normalized spacial score (nSPS) is 12.4. The van der Waals surface area contributed by atoms with Gasteiger partial charge in [0.25, 0.3) is 0 Å². The summed E-state index contributed by atoms with van der Waals surface area (Å²) in [4.78, 5) is 23.4. The highest BCUT2D eigenvalue weighted by Gasteiger charge is 2.24. The van der Waals surface area contributed by atoms with Crippen molar-refractivity contribution in [3.8, 4) is 0 Å². The molecule has 1 atom stereocenters. The molecule has 0 aliphatic rings. The summed E-state index contributed by atoms with van der Waals surface area (Å²) in [5.74, 6) is -2.70. The fourth-order valence-corrected chi connectivity index (χ4v) is 6.34. The molecule has 7 nitrogen and oxygen atoms in total. The molecule has 0 saturated heterocycles. The van der Waals surface area contributed by atoms with Crippen molar-refractivity contribution >= 4 is 33.2 Å². The van der Waals surface area contributed by atoms with E-state index in [-0.39, 0.29) is 4.21 Å². The first-order valence-corrected chi connectivity index (χ1v) is 14.8. The predicted octanol–water partition coefficient (Wildman–Crippen LogP) is 5.43. The van der Waals surface area contributed by atoms with E-state index < -0.39 is 27.9 Å². The number of unbranched alkanes of at least 4 members (excludes halogenated alkanes) is 9. The van der Waals surface area contributed by atoms with E-state index in [9.17, 15) is 18.0 Å². The SMILES string of the molecule is CCCCCCCCCCCCNS(=O)(=O)c1ccc(C(Cc2ccccc2)NC(=O)C(=O)O)s1. The van der Waals surface area contributed by atoms with E-state index in [4.69, 9.17) is 5.11 Å². The lowest BCUT2D eigenvalue weighted by Gasteiger charge is -2.16. The zero-order chi connectivity index (χ0) is 25.5. The van der Waals surface area contributed by atoms with Crippen molar-refractivity contribution in [2.24, 2.45) is 0 Å². The number of amides is 1. The fourth-order valence-electron chi connectivity index (χ4n) is 3.85. The molecule has 0 aliphatic carbocycles. The second kappa shape index (κ2) is 15.7. The van der Waals surface area contributed by atoms with Gasteiger partial charge in [-0.1, -0.05) is 95.0 Å². The average Bonchev–Trinajstić information content (AvgIpc) is 3.34. The maximum Gasteiger partial charge on any atom is 0.394 e. The van der Waals surface area contributed by atoms with Gasteiger partial charge in [-0.25, -0.2) is 17.9 Å². The second-order valence-corrected chi connectivity index (χ2v) is 11.9. The third-order valence-electron chi connectivity index (χ3n) is 5.82. The van der Waals surface area contributed by atoms with E-state index in [0.29, 0.717) is 17.8 Å². The molecule has 0 spiro atoms. The third-order valence-corrected chi connectivity index (χ3v) is 8.97. The smallest absolute Gasteiger partial charge is 0.394 e. The van der Waals surface area contributed by atoms with Crippen molar-refractivity contribution in [3.05, 3.63) is 52.9 Å². The Labute approximate surface area is 213 Å². The van der Waals surface area contributed by atoms with Crippen LogP contribution in [0.3, 0.4) is 0 Å². The number of carbonyl (C=O) groups is 2. The number of carboxylic acid groups (broad SMARTS) is 1. The summed E-state index contributed by atoms with van der Waals surface area (Å²) in [6.45, 7) is 2.60. The van der Waals surface area contributed by atoms with Crippen LogP contribution in [0.2, 0.25) is 0 Å². The van der Waals surface area contributed by atoms with Gasteiger partial charge in [-0.2, -0.15) is 0 Å². The van der Waals surface area contributed by atoms with Gasteiger partial charge in [0.15, 0.2) is 0 Å². The lowest BCUT2D eigenvalue weighted by molar-refractivity contribution is -0.150. The molecule has 1 aromatic carbocycles. The summed E-state index contributed by atoms with van der Waals surface area (Å²) in [6.07, 6.45) is 12.2. The van der Waals surface area contributed by atoms with Gasteiger partial charge in [0, 0.05) is 11.4 Å². The van der Waals surface area contributed by atoms with Gasteiger partial charge in [-0.15, -0.1) is 11.3 Å². The van der Waals surface area contributed by atoms with Crippen LogP contribution in [-0.4, -0.2) is 31.9 Å². The van der Waals surface area contributed by atoms with Crippen molar-refractivity contribution in [3.63, 3.8) is 0 Å². The van der Waals surface area contributed by atoms with Gasteiger partial charge in [-0.3, -0.25) is 4.79 Å². The maximum atomic E-state index is 12.7. The Kier molecular flexibility index (Phi) is 13.0. The van der Waals surface area contributed by atoms with Crippen molar-refractivity contribution in [1.82, 2.24) is 10.0 Å². The summed E-state index contributed by atoms with van der Waals surface area (Å²) >= 11 is 1.05. The Balaban J connectivity index is 1.84. The monoisotopic (exact) mass is 522 g/mol. The minimum absolute atomic E-state index is 0.155. The molecule has 0 bridgehead atoms. The fraction of sp³-hybridized carbons (Fsp3) is 0.538. The van der Waals surface area contributed by atoms with E-state index >= 15 is 0 Å². The Hall–Kier alpha value is -2.23. The molecule has 0 fully saturated rings. The van der Waals surface area contributed by atoms with Crippen molar-refractivity contribution in [2.45, 2.75) is 87.8 Å². The molecule has 0 saturated carbocycles. The number of nitrogens with one attached hydrogen (secondary N) is 2. The van der Waals surface area contributed by atoms with Gasteiger partial charge in [-0.05, 0) is 30.5 Å². The summed E-state index contributed by atoms with van der Waals surface area (Å²) < 4.78 is 28.3. The van der Waals surface area contributed by atoms with E-state index in [1.807, 2.05) is 30.3 Å². The van der Waals surface area contributed by atoms with Gasteiger partial charge < -0.3 is 10.4 Å². The number of rotatable bonds is 17. The summed E-state index contributed by atoms with van der Waals surface area (Å²) in [5, 5.41) is 11.5. The maximum absolute atomic E-state index is 12.7. The topological polar surface area (TPSA) is 113 Å². The molecule has 35 heavy (non-hydrogen) atoms. The molecule has 194 valence electrons. The van der Waals surface area contributed by atoms with Crippen LogP contribution in [0.25, 0.3) is 0 Å². The quantitative estimate of drug-likeness (QED) is 0.189. The van der Waals surface area contributed by atoms with E-state index in [0.717, 1.165) is 36.2 Å². The Bertz CT molecular complexity index is 1010. The molecule has 0 radical (unpaired) electrons. The zero-order valence-electron chi connectivity index (χ0n) is 20.5. The molecular weight excluding hydrogens is 484 g/mol. The van der Waals surface area contributed by atoms with Crippen LogP contribution in [-0.2, 0) is 26.0 Å². The average molecular weight is 523 g/mol. The van der Waals surface area contributed by atoms with Crippen LogP contribution in [0.15, 0.2) is 46.7 Å². The van der Waals surface area contributed by atoms with Gasteiger partial charge in [0.2, 0.25) is 10.0 Å². The van der Waals surface area contributed by atoms with Gasteiger partial charge >= 0.3 is 11.9 Å². The molecule has 2 aromatic rings. The first-order chi connectivity index (χ1) is 16.8. The Morgan fingerprint density at radius 3 is 2.09 bits per heavy atom. The second-order valence-electron chi connectivity index (χ2n) is 8.76. The number of hydrogen-bond donors (Lipinski definition) is 3. The number of aliphatic carboxylic acids is 1. The van der Waals surface area contributed by atoms with E-state index in [2.05, 4.69) is 17.0 Å². The molecule has 1 amide bonds. The summed E-state index contributed by atoms with van der Waals surface area (Å²) in [6, 6.07) is 11.8. The van der Waals surface area contributed by atoms with E-state index in [1.165, 1.54) is 51.0 Å². The molecule has 1 unspecified atom stereocenters. The first-order valence-electron chi connectivity index (χ1n) is 12.5. The number of sulfonamides is 1. The minimum atomic E-state index is -3.66. The molecule has 2 rings (SSSR count). The van der Waals surface area contributed by atoms with Crippen LogP contribution in [0.5, 0.6) is 0 Å². The van der Waals surface area contributed by atoms with Crippen molar-refractivity contribution in [1.29, 1.82) is 0 Å². The van der Waals surface area contributed by atoms with Crippen LogP contribution >= 0.6 is 11.3 Å². The number of carboxylic acids is 1. The molecule has 3 N–H and O–H groups in total. The number of benzene rings is 1. The lowest BCUT2D eigenvalue weighted by Crippen LogP contribution is -2.34. The van der Waals surface area contributed by atoms with Crippen LogP contribution in [0, 0.1) is 0 Å². The van der Waals surface area contributed by atoms with Crippen LogP contribution in [0.4, 0.5) is 0 Å².